The van der Waals surface area contributed by atoms with E-state index in [1.54, 1.807) is 16.0 Å². The van der Waals surface area contributed by atoms with Gasteiger partial charge in [-0.15, -0.1) is 0 Å². The number of aromatic nitrogens is 1. The van der Waals surface area contributed by atoms with Gasteiger partial charge in [0.2, 0.25) is 0 Å². The van der Waals surface area contributed by atoms with Crippen LogP contribution in [-0.2, 0) is 0 Å². The molecule has 1 aliphatic rings. The van der Waals surface area contributed by atoms with E-state index in [1.165, 1.54) is 12.1 Å². The van der Waals surface area contributed by atoms with Crippen molar-refractivity contribution in [2.24, 2.45) is 5.92 Å². The highest BCUT2D eigenvalue weighted by molar-refractivity contribution is 7.08. The minimum atomic E-state index is 0.0839. The van der Waals surface area contributed by atoms with Gasteiger partial charge >= 0.3 is 0 Å². The Balaban J connectivity index is 1.62. The molecule has 1 saturated heterocycles. The second-order valence-electron chi connectivity index (χ2n) is 8.03. The first-order valence-corrected chi connectivity index (χ1v) is 10.7. The second kappa shape index (κ2) is 7.49. The number of hydrogen-bond acceptors (Lipinski definition) is 4. The Labute approximate surface area is 164 Å². The lowest BCUT2D eigenvalue weighted by Gasteiger charge is -2.33. The van der Waals surface area contributed by atoms with E-state index in [9.17, 15) is 4.79 Å². The summed E-state index contributed by atoms with van der Waals surface area (Å²) in [5.41, 5.74) is 3.79. The molecule has 0 bridgehead atoms. The minimum Gasteiger partial charge on any atom is -0.339 e. The van der Waals surface area contributed by atoms with E-state index >= 15 is 0 Å². The van der Waals surface area contributed by atoms with E-state index in [-0.39, 0.29) is 5.78 Å². The van der Waals surface area contributed by atoms with Crippen LogP contribution in [0.15, 0.2) is 41.2 Å². The maximum absolute atomic E-state index is 12.8. The third-order valence-corrected chi connectivity index (χ3v) is 6.24. The maximum atomic E-state index is 12.8. The van der Waals surface area contributed by atoms with Crippen molar-refractivity contribution in [2.75, 3.05) is 25.5 Å². The second-order valence-corrected chi connectivity index (χ2v) is 8.81. The normalized spacial score (nSPS) is 16.4. The summed E-state index contributed by atoms with van der Waals surface area (Å²) < 4.78 is 1.71. The number of benzene rings is 1. The minimum absolute atomic E-state index is 0.0839. The number of nitrogens with two attached hydrogens (primary N) is 1. The number of carbonyl (C=O) groups excluding carboxylic acids is 1. The Hall–Kier alpha value is -2.11. The van der Waals surface area contributed by atoms with Crippen LogP contribution in [0.1, 0.15) is 54.1 Å². The molecular weight excluding hydrogens is 354 g/mol. The molecule has 0 radical (unpaired) electrons. The summed E-state index contributed by atoms with van der Waals surface area (Å²) in [6, 6.07) is 7.79. The monoisotopic (exact) mass is 381 g/mol. The van der Waals surface area contributed by atoms with Crippen molar-refractivity contribution in [2.45, 2.75) is 32.6 Å². The summed E-state index contributed by atoms with van der Waals surface area (Å²) in [5.74, 6) is 7.52. The van der Waals surface area contributed by atoms with Crippen LogP contribution in [0.3, 0.4) is 0 Å². The first-order valence-electron chi connectivity index (χ1n) is 9.72. The third-order valence-electron chi connectivity index (χ3n) is 5.56. The molecule has 0 spiro atoms. The Bertz CT molecular complexity index is 934. The SMILES string of the molecule is CC(C)CN1CCC(c2cn(N)c3ccc(C(=O)c4ccsc4)cc23)CC1. The number of nitrogen functional groups attached to an aromatic ring is 1. The Kier molecular flexibility index (Phi) is 5.06. The van der Waals surface area contributed by atoms with Crippen molar-refractivity contribution in [3.8, 4) is 0 Å². The van der Waals surface area contributed by atoms with Crippen LogP contribution in [0.4, 0.5) is 0 Å². The highest BCUT2D eigenvalue weighted by Gasteiger charge is 2.24. The van der Waals surface area contributed by atoms with Gasteiger partial charge in [-0.25, -0.2) is 0 Å². The predicted molar refractivity (Wildman–Crippen MR) is 113 cm³/mol. The third kappa shape index (κ3) is 3.66. The van der Waals surface area contributed by atoms with Gasteiger partial charge in [0.25, 0.3) is 0 Å². The van der Waals surface area contributed by atoms with Gasteiger partial charge in [0.05, 0.1) is 5.52 Å². The predicted octanol–water partition coefficient (Wildman–Crippen LogP) is 4.48. The van der Waals surface area contributed by atoms with Crippen LogP contribution in [0.5, 0.6) is 0 Å². The molecule has 2 aromatic heterocycles. The standard InChI is InChI=1S/C22H27N3OS/c1-15(2)12-24-8-5-16(6-9-24)20-13-25(23)21-4-3-17(11-19(20)21)22(26)18-7-10-27-14-18/h3-4,7,10-11,13-16H,5-6,8-9,12,23H2,1-2H3. The van der Waals surface area contributed by atoms with Crippen molar-refractivity contribution >= 4 is 28.0 Å². The zero-order valence-corrected chi connectivity index (χ0v) is 16.8. The van der Waals surface area contributed by atoms with Crippen LogP contribution in [0.25, 0.3) is 10.9 Å². The Morgan fingerprint density at radius 2 is 2.00 bits per heavy atom. The molecule has 0 aliphatic carbocycles. The fraction of sp³-hybridized carbons (Fsp3) is 0.409. The van der Waals surface area contributed by atoms with Gasteiger partial charge in [0, 0.05) is 34.6 Å². The molecule has 2 N–H and O–H groups in total. The molecule has 5 heteroatoms. The number of nitrogens with zero attached hydrogens (tertiary/aromatic N) is 2. The molecule has 1 fully saturated rings. The van der Waals surface area contributed by atoms with Crippen molar-refractivity contribution < 1.29 is 4.79 Å². The molecule has 0 atom stereocenters. The van der Waals surface area contributed by atoms with E-state index < -0.39 is 0 Å². The van der Waals surface area contributed by atoms with Gasteiger partial charge in [-0.1, -0.05) is 13.8 Å². The van der Waals surface area contributed by atoms with Crippen LogP contribution in [0, 0.1) is 5.92 Å². The van der Waals surface area contributed by atoms with Gasteiger partial charge < -0.3 is 10.7 Å². The molecule has 3 aromatic rings. The molecular formula is C22H27N3OS. The van der Waals surface area contributed by atoms with Gasteiger partial charge in [-0.2, -0.15) is 11.3 Å². The number of thiophene rings is 1. The van der Waals surface area contributed by atoms with Gasteiger partial charge in [0.15, 0.2) is 5.78 Å². The zero-order valence-electron chi connectivity index (χ0n) is 16.0. The Morgan fingerprint density at radius 1 is 1.22 bits per heavy atom. The summed E-state index contributed by atoms with van der Waals surface area (Å²) >= 11 is 1.55. The number of fused-ring (bicyclic) bond motifs is 1. The number of carbonyl (C=O) groups is 1. The van der Waals surface area contributed by atoms with Gasteiger partial charge in [-0.3, -0.25) is 9.47 Å². The molecule has 0 saturated carbocycles. The number of ketones is 1. The summed E-state index contributed by atoms with van der Waals surface area (Å²) in [5, 5.41) is 4.98. The largest absolute Gasteiger partial charge is 0.339 e. The first kappa shape index (κ1) is 18.3. The topological polar surface area (TPSA) is 51.3 Å². The lowest BCUT2D eigenvalue weighted by atomic mass is 9.88. The van der Waals surface area contributed by atoms with Crippen molar-refractivity contribution in [1.29, 1.82) is 0 Å². The molecule has 4 rings (SSSR count). The molecule has 3 heterocycles. The number of piperidine rings is 1. The molecule has 142 valence electrons. The van der Waals surface area contributed by atoms with Crippen LogP contribution >= 0.6 is 11.3 Å². The quantitative estimate of drug-likeness (QED) is 0.523. The van der Waals surface area contributed by atoms with Crippen LogP contribution in [-0.4, -0.2) is 35.0 Å². The fourth-order valence-corrected chi connectivity index (χ4v) is 4.89. The van der Waals surface area contributed by atoms with Crippen LogP contribution in [0.2, 0.25) is 0 Å². The highest BCUT2D eigenvalue weighted by Crippen LogP contribution is 2.34. The molecule has 1 aliphatic heterocycles. The van der Waals surface area contributed by atoms with Crippen molar-refractivity contribution in [3.63, 3.8) is 0 Å². The number of hydrogen-bond donors (Lipinski definition) is 1. The average molecular weight is 382 g/mol. The summed E-state index contributed by atoms with van der Waals surface area (Å²) in [4.78, 5) is 15.3. The first-order chi connectivity index (χ1) is 13.0. The number of rotatable bonds is 5. The van der Waals surface area contributed by atoms with Gasteiger partial charge in [0.1, 0.15) is 0 Å². The Morgan fingerprint density at radius 3 is 2.67 bits per heavy atom. The van der Waals surface area contributed by atoms with E-state index in [2.05, 4.69) is 24.9 Å². The summed E-state index contributed by atoms with van der Waals surface area (Å²) in [7, 11) is 0. The maximum Gasteiger partial charge on any atom is 0.193 e. The lowest BCUT2D eigenvalue weighted by molar-refractivity contribution is 0.103. The fourth-order valence-electron chi connectivity index (χ4n) is 4.25. The van der Waals surface area contributed by atoms with E-state index in [0.717, 1.165) is 48.0 Å². The summed E-state index contributed by atoms with van der Waals surface area (Å²) in [6.07, 6.45) is 4.36. The van der Waals surface area contributed by atoms with Gasteiger partial charge in [-0.05, 0) is 73.0 Å². The van der Waals surface area contributed by atoms with Crippen molar-refractivity contribution in [3.05, 3.63) is 57.9 Å². The van der Waals surface area contributed by atoms with Crippen LogP contribution < -0.4 is 5.84 Å². The molecule has 0 unspecified atom stereocenters. The molecule has 0 amide bonds. The molecule has 4 nitrogen and oxygen atoms in total. The summed E-state index contributed by atoms with van der Waals surface area (Å²) in [6.45, 7) is 7.99. The number of likely N-dealkylation sites (tertiary alicyclic amines) is 1. The van der Waals surface area contributed by atoms with Crippen molar-refractivity contribution in [1.82, 2.24) is 9.58 Å². The van der Waals surface area contributed by atoms with E-state index in [0.29, 0.717) is 11.8 Å². The lowest BCUT2D eigenvalue weighted by Crippen LogP contribution is -2.35. The van der Waals surface area contributed by atoms with E-state index in [1.807, 2.05) is 35.0 Å². The van der Waals surface area contributed by atoms with E-state index in [4.69, 9.17) is 5.84 Å². The zero-order chi connectivity index (χ0) is 19.0. The molecule has 1 aromatic carbocycles. The molecule has 27 heavy (non-hydrogen) atoms. The smallest absolute Gasteiger partial charge is 0.193 e. The highest BCUT2D eigenvalue weighted by atomic mass is 32.1. The average Bonchev–Trinajstić information content (AvgIpc) is 3.30.